The van der Waals surface area contributed by atoms with Crippen molar-refractivity contribution in [3.63, 3.8) is 0 Å². The zero-order valence-electron chi connectivity index (χ0n) is 20.8. The molecule has 0 aliphatic rings. The largest absolute Gasteiger partial charge is 0.422 e. The summed E-state index contributed by atoms with van der Waals surface area (Å²) < 4.78 is 31.7. The number of carbonyl (C=O) groups is 1. The summed E-state index contributed by atoms with van der Waals surface area (Å²) in [6.45, 7) is 7.10. The third kappa shape index (κ3) is 5.97. The summed E-state index contributed by atoms with van der Waals surface area (Å²) in [5.41, 5.74) is 3.01. The van der Waals surface area contributed by atoms with Crippen molar-refractivity contribution in [3.05, 3.63) is 64.8 Å². The third-order valence-corrected chi connectivity index (χ3v) is 7.84. The average Bonchev–Trinajstić information content (AvgIpc) is 3.43. The molecule has 1 unspecified atom stereocenters. The zero-order chi connectivity index (χ0) is 26.1. The smallest absolute Gasteiger partial charge is 0.251 e. The molecular formula is C25H29N5O4S2. The summed E-state index contributed by atoms with van der Waals surface area (Å²) in [5.74, 6) is 0.174. The minimum Gasteiger partial charge on any atom is -0.422 e. The molecule has 190 valence electrons. The van der Waals surface area contributed by atoms with Gasteiger partial charge in [-0.05, 0) is 47.9 Å². The lowest BCUT2D eigenvalue weighted by molar-refractivity contribution is 0.0939. The second-order valence-corrected chi connectivity index (χ2v) is 13.0. The van der Waals surface area contributed by atoms with Crippen LogP contribution in [0.3, 0.4) is 0 Å². The molecule has 0 spiro atoms. The lowest BCUT2D eigenvalue weighted by atomic mass is 9.96. The highest BCUT2D eigenvalue weighted by molar-refractivity contribution is 7.91. The second-order valence-electron chi connectivity index (χ2n) is 9.83. The third-order valence-electron chi connectivity index (χ3n) is 5.33. The molecule has 0 aliphatic carbocycles. The Labute approximate surface area is 214 Å². The molecule has 0 saturated heterocycles. The summed E-state index contributed by atoms with van der Waals surface area (Å²) >= 11 is 1.27. The molecular weight excluding hydrogens is 498 g/mol. The molecule has 2 heterocycles. The Morgan fingerprint density at radius 2 is 1.86 bits per heavy atom. The van der Waals surface area contributed by atoms with Gasteiger partial charge in [0.1, 0.15) is 5.01 Å². The van der Waals surface area contributed by atoms with Gasteiger partial charge in [-0.3, -0.25) is 4.79 Å². The molecule has 0 aliphatic heterocycles. The lowest BCUT2D eigenvalue weighted by Gasteiger charge is -2.18. The molecule has 0 bridgehead atoms. The van der Waals surface area contributed by atoms with Crippen molar-refractivity contribution >= 4 is 37.3 Å². The Bertz CT molecular complexity index is 1500. The summed E-state index contributed by atoms with van der Waals surface area (Å²) in [5, 5.41) is 13.0. The highest BCUT2D eigenvalue weighted by Gasteiger charge is 2.33. The number of carbonyl (C=O) groups excluding carboxylic acids is 1. The van der Waals surface area contributed by atoms with E-state index >= 15 is 0 Å². The fraction of sp³-hybridized carbons (Fsp3) is 0.360. The van der Waals surface area contributed by atoms with E-state index in [-0.39, 0.29) is 17.2 Å². The van der Waals surface area contributed by atoms with Crippen molar-refractivity contribution < 1.29 is 17.6 Å². The first kappa shape index (κ1) is 25.9. The maximum absolute atomic E-state index is 12.7. The van der Waals surface area contributed by atoms with Crippen LogP contribution in [0.25, 0.3) is 21.3 Å². The number of thiazole rings is 1. The number of sulfone groups is 1. The Morgan fingerprint density at radius 1 is 1.11 bits per heavy atom. The molecule has 4 aromatic rings. The molecule has 2 aromatic carbocycles. The minimum absolute atomic E-state index is 0.00370. The van der Waals surface area contributed by atoms with E-state index in [0.717, 1.165) is 22.1 Å². The van der Waals surface area contributed by atoms with Gasteiger partial charge in [-0.15, -0.1) is 21.5 Å². The molecule has 1 atom stereocenters. The number of nitrogens with zero attached hydrogens (tertiary/aromatic N) is 3. The number of hydrogen-bond acceptors (Lipinski definition) is 9. The fourth-order valence-corrected chi connectivity index (χ4v) is 6.12. The van der Waals surface area contributed by atoms with Crippen molar-refractivity contribution in [2.24, 2.45) is 5.41 Å². The van der Waals surface area contributed by atoms with E-state index in [1.165, 1.54) is 11.3 Å². The topological polar surface area (TPSA) is 127 Å². The van der Waals surface area contributed by atoms with E-state index in [9.17, 15) is 13.2 Å². The summed E-state index contributed by atoms with van der Waals surface area (Å²) in [4.78, 5) is 17.2. The highest BCUT2D eigenvalue weighted by Crippen LogP contribution is 2.36. The number of benzene rings is 2. The maximum atomic E-state index is 12.7. The van der Waals surface area contributed by atoms with Crippen LogP contribution in [0.4, 0.5) is 0 Å². The van der Waals surface area contributed by atoms with Crippen LogP contribution in [0, 0.1) is 5.41 Å². The normalized spacial score (nSPS) is 13.1. The average molecular weight is 528 g/mol. The quantitative estimate of drug-likeness (QED) is 0.352. The van der Waals surface area contributed by atoms with Crippen LogP contribution in [0.2, 0.25) is 0 Å². The van der Waals surface area contributed by atoms with Crippen molar-refractivity contribution in [3.8, 4) is 11.1 Å². The predicted octanol–water partition coefficient (Wildman–Crippen LogP) is 3.98. The molecule has 1 amide bonds. The van der Waals surface area contributed by atoms with Crippen LogP contribution in [0.5, 0.6) is 0 Å². The van der Waals surface area contributed by atoms with Gasteiger partial charge in [-0.25, -0.2) is 13.4 Å². The fourth-order valence-electron chi connectivity index (χ4n) is 3.59. The van der Waals surface area contributed by atoms with Gasteiger partial charge in [0.15, 0.2) is 15.1 Å². The number of hydrogen-bond donors (Lipinski definition) is 2. The van der Waals surface area contributed by atoms with Gasteiger partial charge >= 0.3 is 0 Å². The highest BCUT2D eigenvalue weighted by atomic mass is 32.2. The Hall–Kier alpha value is -3.15. The maximum Gasteiger partial charge on any atom is 0.251 e. The van der Waals surface area contributed by atoms with Crippen molar-refractivity contribution in [1.29, 1.82) is 0 Å². The van der Waals surface area contributed by atoms with E-state index in [1.807, 2.05) is 36.4 Å². The molecule has 9 nitrogen and oxygen atoms in total. The molecule has 2 N–H and O–H groups in total. The van der Waals surface area contributed by atoms with E-state index in [0.29, 0.717) is 35.1 Å². The van der Waals surface area contributed by atoms with Crippen molar-refractivity contribution in [2.75, 3.05) is 19.8 Å². The van der Waals surface area contributed by atoms with Gasteiger partial charge in [-0.1, -0.05) is 39.0 Å². The molecule has 0 fully saturated rings. The van der Waals surface area contributed by atoms with Gasteiger partial charge in [0.25, 0.3) is 5.91 Å². The van der Waals surface area contributed by atoms with Gasteiger partial charge in [0.2, 0.25) is 11.8 Å². The van der Waals surface area contributed by atoms with Gasteiger partial charge in [-0.2, -0.15) is 0 Å². The second kappa shape index (κ2) is 10.1. The van der Waals surface area contributed by atoms with Crippen LogP contribution in [0.15, 0.2) is 46.9 Å². The number of amides is 1. The van der Waals surface area contributed by atoms with Gasteiger partial charge < -0.3 is 15.1 Å². The van der Waals surface area contributed by atoms with Crippen LogP contribution in [-0.4, -0.2) is 49.4 Å². The first-order valence-corrected chi connectivity index (χ1v) is 14.2. The monoisotopic (exact) mass is 527 g/mol. The number of rotatable bonds is 8. The number of aromatic nitrogens is 3. The SMILES string of the molecule is CNCc1nnc(C(c2nc3ccc(-c4cccc(C(=O)NCC(C)(C)C)c4)cc3s2)S(C)(=O)=O)o1. The minimum atomic E-state index is -3.63. The van der Waals surface area contributed by atoms with E-state index < -0.39 is 15.1 Å². The summed E-state index contributed by atoms with van der Waals surface area (Å²) in [6, 6.07) is 13.1. The Balaban J connectivity index is 1.66. The first-order valence-electron chi connectivity index (χ1n) is 11.4. The number of fused-ring (bicyclic) bond motifs is 1. The van der Waals surface area contributed by atoms with Crippen molar-refractivity contribution in [2.45, 2.75) is 32.6 Å². The van der Waals surface area contributed by atoms with Crippen LogP contribution < -0.4 is 10.6 Å². The Kier molecular flexibility index (Phi) is 7.26. The first-order chi connectivity index (χ1) is 16.9. The number of nitrogens with one attached hydrogen (secondary N) is 2. The summed E-state index contributed by atoms with van der Waals surface area (Å²) in [7, 11) is -1.89. The van der Waals surface area contributed by atoms with Crippen molar-refractivity contribution in [1.82, 2.24) is 25.8 Å². The molecule has 0 saturated carbocycles. The molecule has 36 heavy (non-hydrogen) atoms. The molecule has 2 aromatic heterocycles. The lowest BCUT2D eigenvalue weighted by Crippen LogP contribution is -2.32. The van der Waals surface area contributed by atoms with Crippen LogP contribution in [-0.2, 0) is 16.4 Å². The molecule has 4 rings (SSSR count). The Morgan fingerprint density at radius 3 is 2.56 bits per heavy atom. The predicted molar refractivity (Wildman–Crippen MR) is 141 cm³/mol. The van der Waals surface area contributed by atoms with E-state index in [2.05, 4.69) is 46.6 Å². The van der Waals surface area contributed by atoms with E-state index in [4.69, 9.17) is 4.42 Å². The molecule has 11 heteroatoms. The standard InChI is InChI=1S/C25H29N5O4S2/c1-25(2,3)14-27-22(31)17-8-6-7-15(11-17)16-9-10-18-19(12-16)35-24(28-18)21(36(5,32)33)23-30-29-20(34-23)13-26-4/h6-12,21,26H,13-14H2,1-5H3,(H,27,31). The van der Waals surface area contributed by atoms with Crippen LogP contribution in [0.1, 0.15) is 53.2 Å². The van der Waals surface area contributed by atoms with Gasteiger partial charge in [0, 0.05) is 18.4 Å². The zero-order valence-corrected chi connectivity index (χ0v) is 22.5. The van der Waals surface area contributed by atoms with Gasteiger partial charge in [0.05, 0.1) is 16.8 Å². The van der Waals surface area contributed by atoms with Crippen LogP contribution >= 0.6 is 11.3 Å². The summed E-state index contributed by atoms with van der Waals surface area (Å²) in [6.07, 6.45) is 1.13. The van der Waals surface area contributed by atoms with E-state index in [1.54, 1.807) is 13.1 Å². The molecule has 0 radical (unpaired) electrons.